The second-order valence-electron chi connectivity index (χ2n) is 6.31. The summed E-state index contributed by atoms with van der Waals surface area (Å²) in [5, 5.41) is 5.99. The fourth-order valence-electron chi connectivity index (χ4n) is 3.82. The third-order valence-corrected chi connectivity index (χ3v) is 5.03. The fourth-order valence-corrected chi connectivity index (χ4v) is 3.82. The monoisotopic (exact) mass is 284 g/mol. The number of ether oxygens (including phenoxy) is 1. The first-order valence-electron chi connectivity index (χ1n) is 7.86. The molecule has 1 aliphatic carbocycles. The Balaban J connectivity index is 1.59. The molecule has 0 aromatic heterocycles. The molecular weight excluding hydrogens is 264 g/mol. The van der Waals surface area contributed by atoms with Gasteiger partial charge in [-0.3, -0.25) is 4.79 Å². The lowest BCUT2D eigenvalue weighted by atomic mass is 9.81. The smallest absolute Gasteiger partial charge is 0.288 e. The summed E-state index contributed by atoms with van der Waals surface area (Å²) in [5.41, 5.74) is 0.876. The van der Waals surface area contributed by atoms with Crippen LogP contribution in [0.4, 0.5) is 5.69 Å². The van der Waals surface area contributed by atoms with Crippen molar-refractivity contribution >= 4 is 17.3 Å². The standard InChI is InChI=1S/C17H20N2O2/c1-12-17(15(21-17)13-8-4-2-5-9-13)16(20)19(18-12)14-10-6-3-7-11-14/h3,6-7,10-11,13,15H,2,4-5,8-9H2,1H3/t15-,17+/m1/s1. The number of nitrogens with zero attached hydrogens (tertiary/aromatic N) is 2. The number of epoxide rings is 1. The summed E-state index contributed by atoms with van der Waals surface area (Å²) in [4.78, 5) is 12.8. The Morgan fingerprint density at radius 3 is 2.62 bits per heavy atom. The predicted molar refractivity (Wildman–Crippen MR) is 81.2 cm³/mol. The maximum Gasteiger partial charge on any atom is 0.288 e. The average molecular weight is 284 g/mol. The number of rotatable bonds is 2. The van der Waals surface area contributed by atoms with E-state index in [4.69, 9.17) is 4.74 Å². The Hall–Kier alpha value is -1.68. The van der Waals surface area contributed by atoms with Gasteiger partial charge in [-0.15, -0.1) is 0 Å². The van der Waals surface area contributed by atoms with Crippen LogP contribution in [0.3, 0.4) is 0 Å². The molecule has 4 nitrogen and oxygen atoms in total. The quantitative estimate of drug-likeness (QED) is 0.783. The number of hydrogen-bond acceptors (Lipinski definition) is 3. The van der Waals surface area contributed by atoms with Gasteiger partial charge in [0.2, 0.25) is 5.60 Å². The minimum Gasteiger partial charge on any atom is -0.349 e. The average Bonchev–Trinajstić information content (AvgIpc) is 3.25. The Bertz CT molecular complexity index is 592. The number of benzene rings is 1. The number of hydrogen-bond donors (Lipinski definition) is 0. The number of hydrazone groups is 1. The van der Waals surface area contributed by atoms with Gasteiger partial charge in [0.25, 0.3) is 5.91 Å². The van der Waals surface area contributed by atoms with Crippen LogP contribution in [-0.2, 0) is 9.53 Å². The van der Waals surface area contributed by atoms with Crippen LogP contribution in [0.25, 0.3) is 0 Å². The minimum atomic E-state index is -0.752. The van der Waals surface area contributed by atoms with Crippen molar-refractivity contribution in [1.29, 1.82) is 0 Å². The first-order chi connectivity index (χ1) is 10.2. The fraction of sp³-hybridized carbons (Fsp3) is 0.529. The lowest BCUT2D eigenvalue weighted by molar-refractivity contribution is -0.120. The molecule has 0 unspecified atom stereocenters. The van der Waals surface area contributed by atoms with Crippen molar-refractivity contribution in [1.82, 2.24) is 0 Å². The highest BCUT2D eigenvalue weighted by Crippen LogP contribution is 2.51. The van der Waals surface area contributed by atoms with Gasteiger partial charge >= 0.3 is 0 Å². The molecule has 2 fully saturated rings. The Labute approximate surface area is 124 Å². The van der Waals surface area contributed by atoms with Gasteiger partial charge in [0, 0.05) is 0 Å². The summed E-state index contributed by atoms with van der Waals surface area (Å²) in [5.74, 6) is 0.505. The van der Waals surface area contributed by atoms with E-state index in [0.717, 1.165) is 11.4 Å². The summed E-state index contributed by atoms with van der Waals surface area (Å²) < 4.78 is 5.96. The molecule has 1 saturated carbocycles. The van der Waals surface area contributed by atoms with Crippen LogP contribution < -0.4 is 5.01 Å². The molecule has 1 saturated heterocycles. The van der Waals surface area contributed by atoms with Crippen LogP contribution in [0, 0.1) is 5.92 Å². The van der Waals surface area contributed by atoms with Gasteiger partial charge in [-0.05, 0) is 37.8 Å². The maximum atomic E-state index is 12.8. The molecule has 1 amide bonds. The second-order valence-corrected chi connectivity index (χ2v) is 6.31. The van der Waals surface area contributed by atoms with E-state index in [1.54, 1.807) is 0 Å². The molecule has 2 atom stereocenters. The van der Waals surface area contributed by atoms with Gasteiger partial charge in [-0.1, -0.05) is 37.5 Å². The van der Waals surface area contributed by atoms with Gasteiger partial charge in [-0.2, -0.15) is 10.1 Å². The topological polar surface area (TPSA) is 45.2 Å². The molecular formula is C17H20N2O2. The van der Waals surface area contributed by atoms with Gasteiger partial charge in [-0.25, -0.2) is 0 Å². The molecule has 1 aromatic carbocycles. The van der Waals surface area contributed by atoms with Gasteiger partial charge in [0.05, 0.1) is 11.4 Å². The number of carbonyl (C=O) groups excluding carboxylic acids is 1. The van der Waals surface area contributed by atoms with E-state index >= 15 is 0 Å². The SMILES string of the molecule is CC1=NN(c2ccccc2)C(=O)[C@]12O[C@@H]2C1CCCCC1. The van der Waals surface area contributed by atoms with Crippen LogP contribution in [0.2, 0.25) is 0 Å². The van der Waals surface area contributed by atoms with E-state index in [0.29, 0.717) is 5.92 Å². The Kier molecular flexibility index (Phi) is 2.89. The number of carbonyl (C=O) groups is 1. The van der Waals surface area contributed by atoms with E-state index in [9.17, 15) is 4.79 Å². The Morgan fingerprint density at radius 2 is 1.90 bits per heavy atom. The molecule has 4 rings (SSSR count). The van der Waals surface area contributed by atoms with Crippen molar-refractivity contribution in [2.75, 3.05) is 5.01 Å². The van der Waals surface area contributed by atoms with Crippen molar-refractivity contribution in [3.05, 3.63) is 30.3 Å². The summed E-state index contributed by atoms with van der Waals surface area (Å²) >= 11 is 0. The maximum absolute atomic E-state index is 12.8. The molecule has 3 aliphatic rings. The van der Waals surface area contributed by atoms with E-state index in [1.807, 2.05) is 37.3 Å². The first kappa shape index (κ1) is 13.0. The second kappa shape index (κ2) is 4.67. The van der Waals surface area contributed by atoms with Crippen LogP contribution >= 0.6 is 0 Å². The van der Waals surface area contributed by atoms with Crippen LogP contribution in [-0.4, -0.2) is 23.3 Å². The van der Waals surface area contributed by atoms with E-state index in [-0.39, 0.29) is 12.0 Å². The molecule has 110 valence electrons. The van der Waals surface area contributed by atoms with Crippen molar-refractivity contribution in [3.8, 4) is 0 Å². The van der Waals surface area contributed by atoms with Crippen LogP contribution in [0.15, 0.2) is 35.4 Å². The Morgan fingerprint density at radius 1 is 1.19 bits per heavy atom. The molecule has 0 bridgehead atoms. The summed E-state index contributed by atoms with van der Waals surface area (Å²) in [6.07, 6.45) is 6.23. The largest absolute Gasteiger partial charge is 0.349 e. The number of para-hydroxylation sites is 1. The molecule has 2 aliphatic heterocycles. The van der Waals surface area contributed by atoms with Crippen molar-refractivity contribution in [2.24, 2.45) is 11.0 Å². The van der Waals surface area contributed by atoms with Crippen LogP contribution in [0.5, 0.6) is 0 Å². The molecule has 0 N–H and O–H groups in total. The minimum absolute atomic E-state index is 0.0122. The molecule has 1 aromatic rings. The van der Waals surface area contributed by atoms with Crippen molar-refractivity contribution in [3.63, 3.8) is 0 Å². The zero-order chi connectivity index (χ0) is 14.4. The normalized spacial score (nSPS) is 32.6. The lowest BCUT2D eigenvalue weighted by Crippen LogP contribution is -2.38. The summed E-state index contributed by atoms with van der Waals surface area (Å²) in [6.45, 7) is 1.92. The van der Waals surface area contributed by atoms with Crippen LogP contribution in [0.1, 0.15) is 39.0 Å². The summed E-state index contributed by atoms with van der Waals surface area (Å²) in [6, 6.07) is 9.60. The molecule has 2 heterocycles. The van der Waals surface area contributed by atoms with E-state index < -0.39 is 5.60 Å². The molecule has 0 radical (unpaired) electrons. The highest BCUT2D eigenvalue weighted by Gasteiger charge is 2.71. The third kappa shape index (κ3) is 1.85. The van der Waals surface area contributed by atoms with E-state index in [1.165, 1.54) is 37.1 Å². The predicted octanol–water partition coefficient (Wildman–Crippen LogP) is 3.13. The van der Waals surface area contributed by atoms with E-state index in [2.05, 4.69) is 5.10 Å². The zero-order valence-corrected chi connectivity index (χ0v) is 12.3. The highest BCUT2D eigenvalue weighted by molar-refractivity contribution is 6.24. The lowest BCUT2D eigenvalue weighted by Gasteiger charge is -2.20. The highest BCUT2D eigenvalue weighted by atomic mass is 16.6. The van der Waals surface area contributed by atoms with Gasteiger partial charge in [0.15, 0.2) is 0 Å². The van der Waals surface area contributed by atoms with Gasteiger partial charge < -0.3 is 4.74 Å². The van der Waals surface area contributed by atoms with Gasteiger partial charge in [0.1, 0.15) is 6.10 Å². The number of amides is 1. The third-order valence-electron chi connectivity index (χ3n) is 5.03. The van der Waals surface area contributed by atoms with Crippen molar-refractivity contribution < 1.29 is 9.53 Å². The number of anilines is 1. The zero-order valence-electron chi connectivity index (χ0n) is 12.3. The summed E-state index contributed by atoms with van der Waals surface area (Å²) in [7, 11) is 0. The first-order valence-corrected chi connectivity index (χ1v) is 7.86. The molecule has 1 spiro atoms. The van der Waals surface area contributed by atoms with Crippen molar-refractivity contribution in [2.45, 2.75) is 50.7 Å². The molecule has 4 heteroatoms. The molecule has 21 heavy (non-hydrogen) atoms.